The fourth-order valence-corrected chi connectivity index (χ4v) is 12.5. The zero-order valence-electron chi connectivity index (χ0n) is 34.7. The van der Waals surface area contributed by atoms with Gasteiger partial charge in [0.05, 0.1) is 0 Å². The molecule has 0 spiro atoms. The van der Waals surface area contributed by atoms with Crippen molar-refractivity contribution in [3.05, 3.63) is 226 Å². The molecule has 0 bridgehead atoms. The van der Waals surface area contributed by atoms with E-state index in [2.05, 4.69) is 216 Å². The minimum atomic E-state index is 0.929. The number of benzene rings is 9. The molecule has 0 unspecified atom stereocenters. The molecule has 0 amide bonds. The number of hydrogen-bond acceptors (Lipinski definition) is 3. The van der Waals surface area contributed by atoms with E-state index in [1.54, 1.807) is 0 Å². The van der Waals surface area contributed by atoms with Crippen LogP contribution in [0.4, 0.5) is 0 Å². The van der Waals surface area contributed by atoms with Gasteiger partial charge >= 0.3 is 0 Å². The molecule has 3 aromatic heterocycles. The monoisotopic (exact) mass is 866 g/mol. The molecule has 0 atom stereocenters. The van der Waals surface area contributed by atoms with Gasteiger partial charge in [-0.1, -0.05) is 115 Å². The van der Waals surface area contributed by atoms with E-state index >= 15 is 0 Å². The highest BCUT2D eigenvalue weighted by Gasteiger charge is 2.19. The molecule has 300 valence electrons. The van der Waals surface area contributed by atoms with Crippen LogP contribution in [-0.4, -0.2) is 0 Å². The molecule has 0 N–H and O–H groups in total. The maximum absolute atomic E-state index is 2.44. The summed E-state index contributed by atoms with van der Waals surface area (Å²) in [7, 11) is 0. The molecule has 1 aliphatic rings. The van der Waals surface area contributed by atoms with Crippen molar-refractivity contribution in [2.24, 2.45) is 0 Å². The minimum Gasteiger partial charge on any atom is -0.143 e. The van der Waals surface area contributed by atoms with Gasteiger partial charge in [0.1, 0.15) is 0 Å². The standard InChI is InChI=1S/C61H38S3/c1-2-8-40-29-50-32-47(18-15-39(50)14-13-38(40)7-1)56-21-24-62-59(56)53-35-54(60-57(22-25-63-60)48-19-16-45-27-41-9-3-5-11-43(41)30-51(45)33-48)37-55(36-53)61-58(23-26-64-61)49-20-17-46-28-42-10-4-6-12-44(42)31-52(46)34-49/h1-13,15-37H,14H2. The molecular weight excluding hydrogens is 829 g/mol. The van der Waals surface area contributed by atoms with Crippen molar-refractivity contribution in [3.63, 3.8) is 0 Å². The molecule has 64 heavy (non-hydrogen) atoms. The fraction of sp³-hybridized carbons (Fsp3) is 0.0164. The van der Waals surface area contributed by atoms with Crippen LogP contribution >= 0.6 is 34.0 Å². The second kappa shape index (κ2) is 15.3. The Kier molecular flexibility index (Phi) is 8.94. The molecule has 0 radical (unpaired) electrons. The van der Waals surface area contributed by atoms with Crippen molar-refractivity contribution in [2.75, 3.05) is 0 Å². The van der Waals surface area contributed by atoms with Crippen LogP contribution in [0.3, 0.4) is 0 Å². The smallest absolute Gasteiger partial charge is 0.0421 e. The third-order valence-electron chi connectivity index (χ3n) is 13.1. The second-order valence-electron chi connectivity index (χ2n) is 16.9. The van der Waals surface area contributed by atoms with Crippen molar-refractivity contribution in [2.45, 2.75) is 6.42 Å². The van der Waals surface area contributed by atoms with Gasteiger partial charge in [-0.3, -0.25) is 0 Å². The lowest BCUT2D eigenvalue weighted by Gasteiger charge is -2.14. The van der Waals surface area contributed by atoms with Crippen molar-refractivity contribution in [1.82, 2.24) is 0 Å². The van der Waals surface area contributed by atoms with E-state index in [9.17, 15) is 0 Å². The first kappa shape index (κ1) is 37.4. The summed E-state index contributed by atoms with van der Waals surface area (Å²) < 4.78 is 0. The van der Waals surface area contributed by atoms with E-state index in [4.69, 9.17) is 0 Å². The first-order valence-electron chi connectivity index (χ1n) is 21.8. The van der Waals surface area contributed by atoms with Gasteiger partial charge in [-0.05, 0) is 206 Å². The first-order valence-corrected chi connectivity index (χ1v) is 24.4. The van der Waals surface area contributed by atoms with Crippen LogP contribution < -0.4 is 10.4 Å². The average molecular weight is 867 g/mol. The minimum absolute atomic E-state index is 0.929. The Morgan fingerprint density at radius 1 is 0.297 bits per heavy atom. The lowest BCUT2D eigenvalue weighted by atomic mass is 9.92. The third kappa shape index (κ3) is 6.55. The number of hydrogen-bond donors (Lipinski definition) is 0. The van der Waals surface area contributed by atoms with Gasteiger partial charge in [-0.2, -0.15) is 0 Å². The summed E-state index contributed by atoms with van der Waals surface area (Å²) in [5.41, 5.74) is 13.9. The van der Waals surface area contributed by atoms with E-state index in [-0.39, 0.29) is 0 Å². The summed E-state index contributed by atoms with van der Waals surface area (Å²) in [6.45, 7) is 0. The van der Waals surface area contributed by atoms with Gasteiger partial charge in [0, 0.05) is 31.3 Å². The first-order chi connectivity index (χ1) is 31.6. The molecule has 3 heterocycles. The van der Waals surface area contributed by atoms with Crippen molar-refractivity contribution in [3.8, 4) is 64.7 Å². The summed E-state index contributed by atoms with van der Waals surface area (Å²) in [5, 5.41) is 19.5. The van der Waals surface area contributed by atoms with Crippen LogP contribution in [0.15, 0.2) is 204 Å². The van der Waals surface area contributed by atoms with E-state index < -0.39 is 0 Å². The quantitative estimate of drug-likeness (QED) is 0.146. The molecule has 0 aliphatic heterocycles. The highest BCUT2D eigenvalue weighted by molar-refractivity contribution is 7.15. The lowest BCUT2D eigenvalue weighted by molar-refractivity contribution is 1.32. The summed E-state index contributed by atoms with van der Waals surface area (Å²) in [6, 6.07) is 70.6. The van der Waals surface area contributed by atoms with Crippen molar-refractivity contribution >= 4 is 89.3 Å². The predicted octanol–water partition coefficient (Wildman–Crippen LogP) is 16.7. The molecule has 13 rings (SSSR count). The van der Waals surface area contributed by atoms with Gasteiger partial charge in [0.2, 0.25) is 0 Å². The molecule has 9 aromatic carbocycles. The molecule has 0 saturated carbocycles. The fourth-order valence-electron chi connectivity index (χ4n) is 9.81. The summed E-state index contributed by atoms with van der Waals surface area (Å²) in [6.07, 6.45) is 5.65. The number of rotatable bonds is 6. The van der Waals surface area contributed by atoms with Crippen LogP contribution in [0.25, 0.3) is 120 Å². The van der Waals surface area contributed by atoms with E-state index in [1.807, 2.05) is 34.0 Å². The van der Waals surface area contributed by atoms with Gasteiger partial charge < -0.3 is 0 Å². The number of thiophene rings is 3. The molecular formula is C61H38S3. The Morgan fingerprint density at radius 2 is 0.703 bits per heavy atom. The second-order valence-corrected chi connectivity index (χ2v) is 19.7. The van der Waals surface area contributed by atoms with Crippen molar-refractivity contribution < 1.29 is 0 Å². The van der Waals surface area contributed by atoms with Crippen molar-refractivity contribution in [1.29, 1.82) is 0 Å². The van der Waals surface area contributed by atoms with E-state index in [0.717, 1.165) is 6.42 Å². The zero-order chi connectivity index (χ0) is 42.1. The highest BCUT2D eigenvalue weighted by atomic mass is 32.1. The maximum Gasteiger partial charge on any atom is 0.0421 e. The van der Waals surface area contributed by atoms with Crippen LogP contribution in [-0.2, 0) is 6.42 Å². The van der Waals surface area contributed by atoms with Gasteiger partial charge in [0.15, 0.2) is 0 Å². The molecule has 3 heteroatoms. The van der Waals surface area contributed by atoms with E-state index in [1.165, 1.54) is 129 Å². The molecule has 12 aromatic rings. The van der Waals surface area contributed by atoms with E-state index in [0.29, 0.717) is 0 Å². The Labute approximate surface area is 383 Å². The van der Waals surface area contributed by atoms with Gasteiger partial charge in [-0.25, -0.2) is 0 Å². The predicted molar refractivity (Wildman–Crippen MR) is 280 cm³/mol. The maximum atomic E-state index is 2.44. The highest BCUT2D eigenvalue weighted by Crippen LogP contribution is 2.47. The van der Waals surface area contributed by atoms with Crippen LogP contribution in [0.5, 0.6) is 0 Å². The Bertz CT molecular complexity index is 3770. The molecule has 1 aliphatic carbocycles. The van der Waals surface area contributed by atoms with Crippen LogP contribution in [0.1, 0.15) is 11.1 Å². The zero-order valence-corrected chi connectivity index (χ0v) is 37.2. The molecule has 0 fully saturated rings. The average Bonchev–Trinajstić information content (AvgIpc) is 4.13. The normalized spacial score (nSPS) is 12.2. The number of fused-ring (bicyclic) bond motifs is 6. The molecule has 0 saturated heterocycles. The summed E-state index contributed by atoms with van der Waals surface area (Å²) in [4.78, 5) is 3.85. The largest absolute Gasteiger partial charge is 0.143 e. The molecule has 0 nitrogen and oxygen atoms in total. The van der Waals surface area contributed by atoms with Crippen LogP contribution in [0.2, 0.25) is 0 Å². The van der Waals surface area contributed by atoms with Gasteiger partial charge in [-0.15, -0.1) is 34.0 Å². The van der Waals surface area contributed by atoms with Crippen LogP contribution in [0, 0.1) is 0 Å². The Hall–Kier alpha value is -7.14. The SMILES string of the molecule is C1=c2ccccc2=Cc2cc(-c3ccsc3-c3cc(-c4sccc4-c4ccc5cc6ccccc6cc5c4)cc(-c4sccc4-c4ccc5cc6ccccc6cc5c4)c3)ccc2C1. The Morgan fingerprint density at radius 3 is 1.20 bits per heavy atom. The summed E-state index contributed by atoms with van der Waals surface area (Å²) >= 11 is 5.50. The topological polar surface area (TPSA) is 0 Å². The summed E-state index contributed by atoms with van der Waals surface area (Å²) in [5.74, 6) is 0. The van der Waals surface area contributed by atoms with Gasteiger partial charge in [0.25, 0.3) is 0 Å². The Balaban J connectivity index is 0.970. The third-order valence-corrected chi connectivity index (χ3v) is 15.9. The lowest BCUT2D eigenvalue weighted by Crippen LogP contribution is -2.22.